The van der Waals surface area contributed by atoms with Gasteiger partial charge in [0.25, 0.3) is 5.65 Å². The normalized spacial score (nSPS) is 10.1. The van der Waals surface area contributed by atoms with Gasteiger partial charge in [-0.2, -0.15) is 0 Å². The highest BCUT2D eigenvalue weighted by atomic mass is 127. The topological polar surface area (TPSA) is 9.03 Å². The molecule has 0 bridgehead atoms. The van der Waals surface area contributed by atoms with Crippen LogP contribution in [-0.4, -0.2) is 4.57 Å². The molecule has 0 unspecified atom stereocenters. The van der Waals surface area contributed by atoms with Gasteiger partial charge in [0.05, 0.1) is 13.2 Å². The van der Waals surface area contributed by atoms with E-state index in [-0.39, 0.29) is 24.0 Å². The minimum atomic E-state index is 0. The lowest BCUT2D eigenvalue weighted by atomic mass is 10.3. The Kier molecular flexibility index (Phi) is 2.95. The van der Waals surface area contributed by atoms with Crippen LogP contribution in [0.3, 0.4) is 0 Å². The van der Waals surface area contributed by atoms with Gasteiger partial charge in [-0.15, -0.1) is 0 Å². The summed E-state index contributed by atoms with van der Waals surface area (Å²) in [6.07, 6.45) is 4.23. The van der Waals surface area contributed by atoms with E-state index in [0.29, 0.717) is 0 Å². The molecule has 0 saturated carbocycles. The molecule has 0 radical (unpaired) electrons. The number of imidazole rings is 1. The number of nitrogens with zero attached hydrogens (tertiary/aromatic N) is 2. The van der Waals surface area contributed by atoms with Crippen LogP contribution in [0.5, 0.6) is 0 Å². The molecule has 0 aromatic carbocycles. The highest BCUT2D eigenvalue weighted by Crippen LogP contribution is 2.03. The Labute approximate surface area is 95.2 Å². The minimum Gasteiger partial charge on any atom is -1.00 e. The Hall–Kier alpha value is -0.580. The first kappa shape index (κ1) is 10.5. The maximum Gasteiger partial charge on any atom is 0.286 e. The van der Waals surface area contributed by atoms with Crippen molar-refractivity contribution < 1.29 is 28.4 Å². The highest BCUT2D eigenvalue weighted by Gasteiger charge is 2.08. The Morgan fingerprint density at radius 2 is 2.00 bits per heavy atom. The fourth-order valence-corrected chi connectivity index (χ4v) is 1.45. The Balaban J connectivity index is 0.000000845. The summed E-state index contributed by atoms with van der Waals surface area (Å²) < 4.78 is 4.33. The summed E-state index contributed by atoms with van der Waals surface area (Å²) in [6.45, 7) is 4.23. The Morgan fingerprint density at radius 1 is 1.31 bits per heavy atom. The standard InChI is InChI=1S/C10H13N2.HI/c1-8-4-5-12-7-9(2)11(3)10(12)6-8;/h4-7H,1-3H3;1H/q+1;/p-1. The summed E-state index contributed by atoms with van der Waals surface area (Å²) in [7, 11) is 2.09. The van der Waals surface area contributed by atoms with E-state index in [1.54, 1.807) is 0 Å². The first-order valence-corrected chi connectivity index (χ1v) is 4.12. The van der Waals surface area contributed by atoms with Crippen molar-refractivity contribution in [1.29, 1.82) is 0 Å². The van der Waals surface area contributed by atoms with E-state index in [1.807, 2.05) is 0 Å². The quantitative estimate of drug-likeness (QED) is 0.407. The number of aryl methyl sites for hydroxylation is 3. The number of hydrogen-bond donors (Lipinski definition) is 0. The zero-order chi connectivity index (χ0) is 8.72. The molecule has 0 amide bonds. The molecule has 0 N–H and O–H groups in total. The lowest BCUT2D eigenvalue weighted by molar-refractivity contribution is -0.510. The highest BCUT2D eigenvalue weighted by molar-refractivity contribution is 5.35. The predicted octanol–water partition coefficient (Wildman–Crippen LogP) is -1.62. The SMILES string of the molecule is Cc1cc[n+]2cc(C)n(C)c2c1.[I-]. The molecule has 0 aliphatic rings. The molecule has 0 fully saturated rings. The lowest BCUT2D eigenvalue weighted by Gasteiger charge is -1.90. The van der Waals surface area contributed by atoms with E-state index in [2.05, 4.69) is 54.4 Å². The fourth-order valence-electron chi connectivity index (χ4n) is 1.45. The molecule has 0 atom stereocenters. The third kappa shape index (κ3) is 1.70. The van der Waals surface area contributed by atoms with Gasteiger partial charge in [-0.3, -0.25) is 0 Å². The molecule has 2 nitrogen and oxygen atoms in total. The van der Waals surface area contributed by atoms with Gasteiger partial charge >= 0.3 is 0 Å². The monoisotopic (exact) mass is 288 g/mol. The summed E-state index contributed by atoms with van der Waals surface area (Å²) >= 11 is 0. The summed E-state index contributed by atoms with van der Waals surface area (Å²) in [4.78, 5) is 0. The molecule has 0 spiro atoms. The summed E-state index contributed by atoms with van der Waals surface area (Å²) in [5.41, 5.74) is 3.82. The zero-order valence-electron chi connectivity index (χ0n) is 8.08. The second-order valence-electron chi connectivity index (χ2n) is 3.30. The maximum absolute atomic E-state index is 2.19. The molecule has 70 valence electrons. The molecule has 2 aromatic rings. The molecule has 13 heavy (non-hydrogen) atoms. The average Bonchev–Trinajstić information content (AvgIpc) is 2.31. The maximum atomic E-state index is 2.19. The molecule has 3 heteroatoms. The van der Waals surface area contributed by atoms with Crippen LogP contribution in [0.15, 0.2) is 24.5 Å². The number of rotatable bonds is 0. The van der Waals surface area contributed by atoms with Gasteiger partial charge in [0.2, 0.25) is 0 Å². The van der Waals surface area contributed by atoms with E-state index in [0.717, 1.165) is 0 Å². The van der Waals surface area contributed by atoms with Crippen molar-refractivity contribution in [2.45, 2.75) is 13.8 Å². The van der Waals surface area contributed by atoms with Crippen molar-refractivity contribution in [3.63, 3.8) is 0 Å². The van der Waals surface area contributed by atoms with Crippen molar-refractivity contribution in [3.05, 3.63) is 35.8 Å². The summed E-state index contributed by atoms with van der Waals surface area (Å²) in [6, 6.07) is 4.30. The number of fused-ring (bicyclic) bond motifs is 1. The number of halogens is 1. The average molecular weight is 288 g/mol. The number of hydrogen-bond acceptors (Lipinski definition) is 0. The lowest BCUT2D eigenvalue weighted by Crippen LogP contribution is -3.00. The molecule has 2 heterocycles. The molecule has 0 aliphatic heterocycles. The van der Waals surface area contributed by atoms with Gasteiger partial charge in [0.1, 0.15) is 11.9 Å². The van der Waals surface area contributed by atoms with E-state index in [4.69, 9.17) is 0 Å². The zero-order valence-corrected chi connectivity index (χ0v) is 10.2. The molecule has 0 aliphatic carbocycles. The fraction of sp³-hybridized carbons (Fsp3) is 0.300. The van der Waals surface area contributed by atoms with E-state index < -0.39 is 0 Å². The second-order valence-corrected chi connectivity index (χ2v) is 3.30. The third-order valence-electron chi connectivity index (χ3n) is 2.32. The van der Waals surface area contributed by atoms with Crippen LogP contribution in [-0.2, 0) is 7.05 Å². The van der Waals surface area contributed by atoms with Crippen LogP contribution in [0, 0.1) is 13.8 Å². The van der Waals surface area contributed by atoms with Crippen molar-refractivity contribution in [3.8, 4) is 0 Å². The molecule has 2 rings (SSSR count). The summed E-state index contributed by atoms with van der Waals surface area (Å²) in [5, 5.41) is 0. The first-order valence-electron chi connectivity index (χ1n) is 4.12. The van der Waals surface area contributed by atoms with Crippen LogP contribution < -0.4 is 28.4 Å². The number of pyridine rings is 1. The first-order chi connectivity index (χ1) is 5.68. The van der Waals surface area contributed by atoms with Crippen LogP contribution >= 0.6 is 0 Å². The van der Waals surface area contributed by atoms with Gasteiger partial charge in [0.15, 0.2) is 0 Å². The Morgan fingerprint density at radius 3 is 2.69 bits per heavy atom. The van der Waals surface area contributed by atoms with Gasteiger partial charge < -0.3 is 24.0 Å². The smallest absolute Gasteiger partial charge is 0.286 e. The molecule has 2 aromatic heterocycles. The van der Waals surface area contributed by atoms with E-state index in [9.17, 15) is 0 Å². The van der Waals surface area contributed by atoms with Crippen molar-refractivity contribution in [2.24, 2.45) is 7.05 Å². The van der Waals surface area contributed by atoms with Gasteiger partial charge in [-0.25, -0.2) is 8.97 Å². The van der Waals surface area contributed by atoms with E-state index in [1.165, 1.54) is 16.9 Å². The number of aromatic nitrogens is 2. The van der Waals surface area contributed by atoms with Gasteiger partial charge in [-0.05, 0) is 18.6 Å². The predicted molar refractivity (Wildman–Crippen MR) is 48.0 cm³/mol. The molecular weight excluding hydrogens is 275 g/mol. The minimum absolute atomic E-state index is 0. The summed E-state index contributed by atoms with van der Waals surface area (Å²) in [5.74, 6) is 0. The largest absolute Gasteiger partial charge is 1.00 e. The van der Waals surface area contributed by atoms with Crippen molar-refractivity contribution in [2.75, 3.05) is 0 Å². The van der Waals surface area contributed by atoms with Crippen LogP contribution in [0.4, 0.5) is 0 Å². The Bertz CT molecular complexity index is 432. The molecule has 0 saturated heterocycles. The second kappa shape index (κ2) is 3.65. The van der Waals surface area contributed by atoms with Crippen LogP contribution in [0.25, 0.3) is 5.65 Å². The van der Waals surface area contributed by atoms with Crippen LogP contribution in [0.2, 0.25) is 0 Å². The molecular formula is C10H13IN2. The van der Waals surface area contributed by atoms with Crippen molar-refractivity contribution in [1.82, 2.24) is 4.57 Å². The van der Waals surface area contributed by atoms with Crippen molar-refractivity contribution >= 4 is 5.65 Å². The third-order valence-corrected chi connectivity index (χ3v) is 2.32. The van der Waals surface area contributed by atoms with E-state index >= 15 is 0 Å². The van der Waals surface area contributed by atoms with Crippen LogP contribution in [0.1, 0.15) is 11.3 Å². The van der Waals surface area contributed by atoms with Gasteiger partial charge in [-0.1, -0.05) is 0 Å². The van der Waals surface area contributed by atoms with Gasteiger partial charge in [0, 0.05) is 13.0 Å².